The highest BCUT2D eigenvalue weighted by atomic mass is 16.3. The van der Waals surface area contributed by atoms with Crippen LogP contribution in [-0.4, -0.2) is 57.8 Å². The minimum Gasteiger partial charge on any atom is -0.393 e. The highest BCUT2D eigenvalue weighted by Gasteiger charge is 2.26. The van der Waals surface area contributed by atoms with Crippen LogP contribution in [0.25, 0.3) is 10.9 Å². The lowest BCUT2D eigenvalue weighted by atomic mass is 10.1. The molecule has 7 nitrogen and oxygen atoms in total. The van der Waals surface area contributed by atoms with Gasteiger partial charge in [-0.15, -0.1) is 0 Å². The standard InChI is InChI=1S/C21H24N6O/c1-25-17-5-3-2-4-15(17)12-18(25)21-22-8-11-27(21)20-13-19(23-14-24-20)26-9-6-16(28)7-10-26/h2-5,12-14,16,28H,6-11H2,1H3. The first-order valence-corrected chi connectivity index (χ1v) is 9.82. The van der Waals surface area contributed by atoms with Gasteiger partial charge in [0.15, 0.2) is 5.84 Å². The molecule has 0 bridgehead atoms. The molecule has 0 aliphatic carbocycles. The van der Waals surface area contributed by atoms with Crippen LogP contribution in [0.2, 0.25) is 0 Å². The van der Waals surface area contributed by atoms with Gasteiger partial charge in [0.2, 0.25) is 0 Å². The first kappa shape index (κ1) is 17.2. The number of benzene rings is 1. The first-order chi connectivity index (χ1) is 13.7. The van der Waals surface area contributed by atoms with E-state index in [1.165, 1.54) is 10.9 Å². The number of piperidine rings is 1. The van der Waals surface area contributed by atoms with Crippen molar-refractivity contribution in [1.82, 2.24) is 14.5 Å². The molecule has 28 heavy (non-hydrogen) atoms. The van der Waals surface area contributed by atoms with Crippen molar-refractivity contribution >= 4 is 28.4 Å². The Kier molecular flexibility index (Phi) is 4.24. The Hall–Kier alpha value is -2.93. The van der Waals surface area contributed by atoms with Gasteiger partial charge in [0.1, 0.15) is 18.0 Å². The first-order valence-electron chi connectivity index (χ1n) is 9.82. The highest BCUT2D eigenvalue weighted by molar-refractivity contribution is 6.12. The van der Waals surface area contributed by atoms with E-state index in [0.29, 0.717) is 0 Å². The third-order valence-electron chi connectivity index (χ3n) is 5.72. The largest absolute Gasteiger partial charge is 0.393 e. The molecule has 0 atom stereocenters. The summed E-state index contributed by atoms with van der Waals surface area (Å²) in [5.74, 6) is 2.75. The fourth-order valence-corrected chi connectivity index (χ4v) is 4.15. The number of para-hydroxylation sites is 1. The van der Waals surface area contributed by atoms with E-state index in [-0.39, 0.29) is 6.10 Å². The minimum absolute atomic E-state index is 0.193. The zero-order chi connectivity index (χ0) is 19.1. The summed E-state index contributed by atoms with van der Waals surface area (Å²) in [6, 6.07) is 12.6. The SMILES string of the molecule is Cn1c(C2=NCCN2c2cc(N3CCC(O)CC3)ncn2)cc2ccccc21. The number of anilines is 2. The van der Waals surface area contributed by atoms with E-state index in [2.05, 4.69) is 61.7 Å². The molecule has 2 aliphatic heterocycles. The van der Waals surface area contributed by atoms with Crippen LogP contribution in [0, 0.1) is 0 Å². The van der Waals surface area contributed by atoms with Crippen LogP contribution in [0.1, 0.15) is 18.5 Å². The van der Waals surface area contributed by atoms with E-state index in [4.69, 9.17) is 4.99 Å². The Morgan fingerprint density at radius 2 is 1.79 bits per heavy atom. The van der Waals surface area contributed by atoms with Crippen LogP contribution in [0.3, 0.4) is 0 Å². The molecule has 1 fully saturated rings. The van der Waals surface area contributed by atoms with E-state index >= 15 is 0 Å². The number of hydrogen-bond donors (Lipinski definition) is 1. The summed E-state index contributed by atoms with van der Waals surface area (Å²) in [4.78, 5) is 18.2. The molecule has 2 aromatic heterocycles. The molecule has 5 rings (SSSR count). The second kappa shape index (κ2) is 6.91. The molecule has 144 valence electrons. The predicted octanol–water partition coefficient (Wildman–Crippen LogP) is 2.20. The Balaban J connectivity index is 1.47. The zero-order valence-corrected chi connectivity index (χ0v) is 16.0. The summed E-state index contributed by atoms with van der Waals surface area (Å²) >= 11 is 0. The average Bonchev–Trinajstić information content (AvgIpc) is 3.34. The monoisotopic (exact) mass is 376 g/mol. The number of aromatic nitrogens is 3. The number of aliphatic imine (C=N–C) groups is 1. The summed E-state index contributed by atoms with van der Waals surface area (Å²) in [5, 5.41) is 11.0. The molecular formula is C21H24N6O. The number of aryl methyl sites for hydroxylation is 1. The van der Waals surface area contributed by atoms with E-state index in [1.54, 1.807) is 6.33 Å². The maximum absolute atomic E-state index is 9.76. The van der Waals surface area contributed by atoms with Crippen molar-refractivity contribution in [3.63, 3.8) is 0 Å². The van der Waals surface area contributed by atoms with Crippen LogP contribution >= 0.6 is 0 Å². The van der Waals surface area contributed by atoms with E-state index in [0.717, 1.165) is 62.2 Å². The molecule has 1 saturated heterocycles. The van der Waals surface area contributed by atoms with Gasteiger partial charge in [0.25, 0.3) is 0 Å². The quantitative estimate of drug-likeness (QED) is 0.759. The number of fused-ring (bicyclic) bond motifs is 1. The Morgan fingerprint density at radius 1 is 1.00 bits per heavy atom. The topological polar surface area (TPSA) is 69.8 Å². The van der Waals surface area contributed by atoms with Gasteiger partial charge in [-0.2, -0.15) is 0 Å². The van der Waals surface area contributed by atoms with Crippen molar-refractivity contribution < 1.29 is 5.11 Å². The highest BCUT2D eigenvalue weighted by Crippen LogP contribution is 2.26. The fraction of sp³-hybridized carbons (Fsp3) is 0.381. The van der Waals surface area contributed by atoms with Gasteiger partial charge in [-0.05, 0) is 25.0 Å². The Bertz CT molecular complexity index is 1030. The normalized spacial score (nSPS) is 18.1. The lowest BCUT2D eigenvalue weighted by molar-refractivity contribution is 0.145. The Labute approximate surface area is 164 Å². The molecule has 0 saturated carbocycles. The molecule has 0 unspecified atom stereocenters. The second-order valence-electron chi connectivity index (χ2n) is 7.46. The number of nitrogens with zero attached hydrogens (tertiary/aromatic N) is 6. The maximum atomic E-state index is 9.76. The van der Waals surface area contributed by atoms with Gasteiger partial charge in [-0.1, -0.05) is 18.2 Å². The van der Waals surface area contributed by atoms with E-state index < -0.39 is 0 Å². The molecule has 0 spiro atoms. The molecule has 1 aromatic carbocycles. The van der Waals surface area contributed by atoms with Crippen molar-refractivity contribution in [1.29, 1.82) is 0 Å². The van der Waals surface area contributed by atoms with Gasteiger partial charge in [-0.3, -0.25) is 4.99 Å². The van der Waals surface area contributed by atoms with Gasteiger partial charge < -0.3 is 19.5 Å². The molecule has 2 aliphatic rings. The van der Waals surface area contributed by atoms with Gasteiger partial charge >= 0.3 is 0 Å². The smallest absolute Gasteiger partial charge is 0.153 e. The van der Waals surface area contributed by atoms with Crippen LogP contribution in [0.15, 0.2) is 47.7 Å². The number of hydrogen-bond acceptors (Lipinski definition) is 6. The molecule has 4 heterocycles. The number of amidine groups is 1. The van der Waals surface area contributed by atoms with Gasteiger partial charge in [-0.25, -0.2) is 9.97 Å². The minimum atomic E-state index is -0.193. The van der Waals surface area contributed by atoms with Gasteiger partial charge in [0, 0.05) is 43.7 Å². The summed E-state index contributed by atoms with van der Waals surface area (Å²) in [5.41, 5.74) is 2.29. The number of rotatable bonds is 3. The van der Waals surface area contributed by atoms with Crippen molar-refractivity contribution in [3.8, 4) is 0 Å². The molecular weight excluding hydrogens is 352 g/mol. The predicted molar refractivity (Wildman–Crippen MR) is 111 cm³/mol. The molecule has 0 radical (unpaired) electrons. The van der Waals surface area contributed by atoms with Crippen molar-refractivity contribution in [2.45, 2.75) is 18.9 Å². The second-order valence-corrected chi connectivity index (χ2v) is 7.46. The third-order valence-corrected chi connectivity index (χ3v) is 5.72. The number of aliphatic hydroxyl groups excluding tert-OH is 1. The number of aliphatic hydroxyl groups is 1. The van der Waals surface area contributed by atoms with Crippen LogP contribution in [0.5, 0.6) is 0 Å². The third kappa shape index (κ3) is 2.92. The van der Waals surface area contributed by atoms with Gasteiger partial charge in [0.05, 0.1) is 18.3 Å². The van der Waals surface area contributed by atoms with Crippen LogP contribution in [0.4, 0.5) is 11.6 Å². The van der Waals surface area contributed by atoms with Crippen LogP contribution < -0.4 is 9.80 Å². The Morgan fingerprint density at radius 3 is 2.61 bits per heavy atom. The lowest BCUT2D eigenvalue weighted by Crippen LogP contribution is -2.36. The summed E-state index contributed by atoms with van der Waals surface area (Å²) in [6.07, 6.45) is 3.01. The zero-order valence-electron chi connectivity index (χ0n) is 16.0. The van der Waals surface area contributed by atoms with Crippen molar-refractivity contribution in [3.05, 3.63) is 48.4 Å². The van der Waals surface area contributed by atoms with E-state index in [9.17, 15) is 5.11 Å². The molecule has 1 N–H and O–H groups in total. The van der Waals surface area contributed by atoms with Crippen molar-refractivity contribution in [2.75, 3.05) is 36.0 Å². The summed E-state index contributed by atoms with van der Waals surface area (Å²) in [7, 11) is 2.08. The van der Waals surface area contributed by atoms with Crippen molar-refractivity contribution in [2.24, 2.45) is 12.0 Å². The summed E-state index contributed by atoms with van der Waals surface area (Å²) in [6.45, 7) is 3.21. The molecule has 3 aromatic rings. The molecule has 7 heteroatoms. The van der Waals surface area contributed by atoms with Crippen LogP contribution in [-0.2, 0) is 7.05 Å². The lowest BCUT2D eigenvalue weighted by Gasteiger charge is -2.31. The fourth-order valence-electron chi connectivity index (χ4n) is 4.15. The summed E-state index contributed by atoms with van der Waals surface area (Å²) < 4.78 is 2.20. The maximum Gasteiger partial charge on any atom is 0.153 e. The van der Waals surface area contributed by atoms with E-state index in [1.807, 2.05) is 6.07 Å². The average molecular weight is 376 g/mol. The molecule has 0 amide bonds.